The number of methoxy groups -OCH3 is 1. The number of hydrogen-bond donors (Lipinski definition) is 0. The van der Waals surface area contributed by atoms with Gasteiger partial charge in [0.25, 0.3) is 0 Å². The Morgan fingerprint density at radius 3 is 2.52 bits per heavy atom. The normalized spacial score (nSPS) is 15.0. The number of nitrogens with zero attached hydrogens (tertiary/aromatic N) is 4. The molecule has 174 valence electrons. The number of sulfonamides is 1. The summed E-state index contributed by atoms with van der Waals surface area (Å²) in [5.41, 5.74) is 0.420. The van der Waals surface area contributed by atoms with Crippen LogP contribution in [0.3, 0.4) is 0 Å². The van der Waals surface area contributed by atoms with Crippen LogP contribution in [0.4, 0.5) is 5.69 Å². The monoisotopic (exact) mass is 476 g/mol. The van der Waals surface area contributed by atoms with E-state index in [4.69, 9.17) is 9.15 Å². The summed E-state index contributed by atoms with van der Waals surface area (Å²) in [6, 6.07) is 10.2. The molecule has 0 aliphatic carbocycles. The highest BCUT2D eigenvalue weighted by Crippen LogP contribution is 2.30. The fourth-order valence-electron chi connectivity index (χ4n) is 3.70. The Hall–Kier alpha value is -3.71. The molecule has 2 aromatic carbocycles. The van der Waals surface area contributed by atoms with Crippen molar-refractivity contribution in [2.45, 2.75) is 11.4 Å². The Labute approximate surface area is 187 Å². The van der Waals surface area contributed by atoms with E-state index in [-0.39, 0.29) is 49.3 Å². The highest BCUT2D eigenvalue weighted by molar-refractivity contribution is 7.89. The number of oxazole rings is 1. The number of benzene rings is 2. The third-order valence-electron chi connectivity index (χ3n) is 5.44. The summed E-state index contributed by atoms with van der Waals surface area (Å²) in [6.45, 7) is 0.0127. The minimum absolute atomic E-state index is 0.00886. The molecule has 2 heterocycles. The smallest absolute Gasteiger partial charge is 0.420 e. The second-order valence-corrected chi connectivity index (χ2v) is 9.24. The number of para-hydroxylation sites is 2. The zero-order valence-corrected chi connectivity index (χ0v) is 18.4. The second kappa shape index (κ2) is 8.67. The summed E-state index contributed by atoms with van der Waals surface area (Å²) in [4.78, 5) is 36.6. The lowest BCUT2D eigenvalue weighted by Crippen LogP contribution is -2.51. The van der Waals surface area contributed by atoms with Crippen molar-refractivity contribution in [3.8, 4) is 5.75 Å². The van der Waals surface area contributed by atoms with Crippen LogP contribution < -0.4 is 10.5 Å². The molecule has 33 heavy (non-hydrogen) atoms. The van der Waals surface area contributed by atoms with Gasteiger partial charge >= 0.3 is 11.4 Å². The van der Waals surface area contributed by atoms with Crippen LogP contribution in [0, 0.1) is 10.1 Å². The summed E-state index contributed by atoms with van der Waals surface area (Å²) in [5, 5.41) is 11.2. The van der Waals surface area contributed by atoms with E-state index < -0.39 is 26.4 Å². The maximum atomic E-state index is 13.0. The Morgan fingerprint density at radius 1 is 1.15 bits per heavy atom. The van der Waals surface area contributed by atoms with E-state index in [1.807, 2.05) is 0 Å². The molecule has 1 amide bonds. The molecule has 0 bridgehead atoms. The Balaban J connectivity index is 1.46. The van der Waals surface area contributed by atoms with Crippen molar-refractivity contribution in [3.63, 3.8) is 0 Å². The molecule has 3 aromatic rings. The fraction of sp³-hybridized carbons (Fsp3) is 0.300. The summed E-state index contributed by atoms with van der Waals surface area (Å²) >= 11 is 0. The first-order chi connectivity index (χ1) is 15.7. The average Bonchev–Trinajstić information content (AvgIpc) is 3.13. The topological polar surface area (TPSA) is 145 Å². The molecule has 4 rings (SSSR count). The summed E-state index contributed by atoms with van der Waals surface area (Å²) in [5.74, 6) is -1.04. The molecule has 1 aromatic heterocycles. The third kappa shape index (κ3) is 4.19. The minimum atomic E-state index is -4.01. The quantitative estimate of drug-likeness (QED) is 0.379. The Bertz CT molecular complexity index is 1390. The SMILES string of the molecule is COc1ccc(S(=O)(=O)N2CCN(C(=O)Cn3c(=O)oc4ccccc43)CC2)cc1[N+](=O)[O-]. The fourth-order valence-corrected chi connectivity index (χ4v) is 5.14. The van der Waals surface area contributed by atoms with Crippen LogP contribution in [-0.4, -0.2) is 66.3 Å². The van der Waals surface area contributed by atoms with Crippen molar-refractivity contribution in [2.75, 3.05) is 33.3 Å². The predicted molar refractivity (Wildman–Crippen MR) is 115 cm³/mol. The lowest BCUT2D eigenvalue weighted by molar-refractivity contribution is -0.386. The van der Waals surface area contributed by atoms with Crippen molar-refractivity contribution in [3.05, 3.63) is 63.1 Å². The Morgan fingerprint density at radius 2 is 1.85 bits per heavy atom. The molecule has 1 aliphatic heterocycles. The molecule has 0 spiro atoms. The van der Waals surface area contributed by atoms with Crippen LogP contribution in [-0.2, 0) is 21.4 Å². The number of aromatic nitrogens is 1. The molecule has 0 radical (unpaired) electrons. The summed E-state index contributed by atoms with van der Waals surface area (Å²) < 4.78 is 38.4. The van der Waals surface area contributed by atoms with Crippen LogP contribution >= 0.6 is 0 Å². The number of carbonyl (C=O) groups is 1. The first-order valence-electron chi connectivity index (χ1n) is 9.91. The molecule has 1 aliphatic rings. The number of nitro groups is 1. The van der Waals surface area contributed by atoms with E-state index >= 15 is 0 Å². The van der Waals surface area contributed by atoms with Crippen molar-refractivity contribution < 1.29 is 27.3 Å². The highest BCUT2D eigenvalue weighted by Gasteiger charge is 2.32. The largest absolute Gasteiger partial charge is 0.490 e. The number of piperazine rings is 1. The molecular weight excluding hydrogens is 456 g/mol. The molecule has 12 nitrogen and oxygen atoms in total. The third-order valence-corrected chi connectivity index (χ3v) is 7.34. The maximum absolute atomic E-state index is 13.0. The minimum Gasteiger partial charge on any atom is -0.490 e. The predicted octanol–water partition coefficient (Wildman–Crippen LogP) is 1.04. The van der Waals surface area contributed by atoms with E-state index in [9.17, 15) is 28.1 Å². The molecule has 0 atom stereocenters. The molecular formula is C20H20N4O8S. The first kappa shape index (κ1) is 22.5. The van der Waals surface area contributed by atoms with E-state index in [0.717, 1.165) is 6.07 Å². The summed E-state index contributed by atoms with van der Waals surface area (Å²) in [7, 11) is -2.76. The number of carbonyl (C=O) groups excluding carboxylic acids is 1. The van der Waals surface area contributed by atoms with Gasteiger partial charge in [-0.25, -0.2) is 13.2 Å². The molecule has 1 saturated heterocycles. The highest BCUT2D eigenvalue weighted by atomic mass is 32.2. The average molecular weight is 476 g/mol. The number of rotatable bonds is 6. The van der Waals surface area contributed by atoms with Crippen molar-refractivity contribution >= 4 is 32.7 Å². The number of ether oxygens (including phenoxy) is 1. The van der Waals surface area contributed by atoms with Gasteiger partial charge in [-0.1, -0.05) is 12.1 Å². The molecule has 13 heteroatoms. The van der Waals surface area contributed by atoms with Crippen LogP contribution in [0.15, 0.2) is 56.6 Å². The standard InChI is InChI=1S/C20H20N4O8S/c1-31-17-7-6-14(12-16(17)24(27)28)33(29,30)22-10-8-21(9-11-22)19(25)13-23-15-4-2-3-5-18(15)32-20(23)26/h2-7,12H,8-11,13H2,1H3. The molecule has 0 saturated carbocycles. The van der Waals surface area contributed by atoms with E-state index in [2.05, 4.69) is 0 Å². The van der Waals surface area contributed by atoms with Crippen LogP contribution in [0.25, 0.3) is 11.1 Å². The zero-order chi connectivity index (χ0) is 23.8. The van der Waals surface area contributed by atoms with Crippen molar-refractivity contribution in [2.24, 2.45) is 0 Å². The van der Waals surface area contributed by atoms with E-state index in [0.29, 0.717) is 11.1 Å². The van der Waals surface area contributed by atoms with Crippen LogP contribution in [0.2, 0.25) is 0 Å². The van der Waals surface area contributed by atoms with E-state index in [1.54, 1.807) is 24.3 Å². The lowest BCUT2D eigenvalue weighted by atomic mass is 10.3. The summed E-state index contributed by atoms with van der Waals surface area (Å²) in [6.07, 6.45) is 0. The van der Waals surface area contributed by atoms with Gasteiger partial charge in [-0.3, -0.25) is 19.5 Å². The maximum Gasteiger partial charge on any atom is 0.420 e. The van der Waals surface area contributed by atoms with Gasteiger partial charge in [0.2, 0.25) is 15.9 Å². The zero-order valence-electron chi connectivity index (χ0n) is 17.5. The van der Waals surface area contributed by atoms with Gasteiger partial charge in [0.1, 0.15) is 6.54 Å². The van der Waals surface area contributed by atoms with Gasteiger partial charge in [0.05, 0.1) is 22.4 Å². The van der Waals surface area contributed by atoms with Gasteiger partial charge in [0, 0.05) is 32.2 Å². The molecule has 1 fully saturated rings. The van der Waals surface area contributed by atoms with Gasteiger partial charge in [-0.2, -0.15) is 4.31 Å². The van der Waals surface area contributed by atoms with Gasteiger partial charge < -0.3 is 14.1 Å². The van der Waals surface area contributed by atoms with Crippen LogP contribution in [0.5, 0.6) is 5.75 Å². The molecule has 0 N–H and O–H groups in total. The number of amides is 1. The Kier molecular flexibility index (Phi) is 5.91. The number of nitro benzene ring substituents is 1. The lowest BCUT2D eigenvalue weighted by Gasteiger charge is -2.34. The van der Waals surface area contributed by atoms with Crippen LogP contribution in [0.1, 0.15) is 0 Å². The number of fused-ring (bicyclic) bond motifs is 1. The second-order valence-electron chi connectivity index (χ2n) is 7.30. The first-order valence-corrected chi connectivity index (χ1v) is 11.3. The van der Waals surface area contributed by atoms with Gasteiger partial charge in [-0.05, 0) is 24.3 Å². The van der Waals surface area contributed by atoms with Crippen molar-refractivity contribution in [1.82, 2.24) is 13.8 Å². The number of hydrogen-bond acceptors (Lipinski definition) is 8. The van der Waals surface area contributed by atoms with Gasteiger partial charge in [-0.15, -0.1) is 0 Å². The molecule has 0 unspecified atom stereocenters. The van der Waals surface area contributed by atoms with E-state index in [1.165, 1.54) is 33.0 Å². The van der Waals surface area contributed by atoms with Crippen molar-refractivity contribution in [1.29, 1.82) is 0 Å². The van der Waals surface area contributed by atoms with Gasteiger partial charge in [0.15, 0.2) is 11.3 Å².